The summed E-state index contributed by atoms with van der Waals surface area (Å²) < 4.78 is 24.8. The van der Waals surface area contributed by atoms with Crippen molar-refractivity contribution in [1.82, 2.24) is 4.31 Å². The molecular formula is C16H26N2O3S. The predicted octanol–water partition coefficient (Wildman–Crippen LogP) is 2.33. The lowest BCUT2D eigenvalue weighted by atomic mass is 10.1. The Morgan fingerprint density at radius 1 is 1.23 bits per heavy atom. The van der Waals surface area contributed by atoms with Gasteiger partial charge in [-0.2, -0.15) is 4.31 Å². The molecule has 1 rings (SSSR count). The topological polar surface area (TPSA) is 57.7 Å². The largest absolute Gasteiger partial charge is 0.309 e. The third-order valence-corrected chi connectivity index (χ3v) is 5.42. The SMILES string of the molecule is CCS(=O)(=O)N(C)CC(=O)N(c1cc(C)ccc1C)C(C)C. The van der Waals surface area contributed by atoms with Crippen molar-refractivity contribution in [3.63, 3.8) is 0 Å². The number of carbonyl (C=O) groups excluding carboxylic acids is 1. The van der Waals surface area contributed by atoms with Crippen LogP contribution in [0.15, 0.2) is 18.2 Å². The van der Waals surface area contributed by atoms with E-state index in [1.165, 1.54) is 7.05 Å². The van der Waals surface area contributed by atoms with E-state index in [9.17, 15) is 13.2 Å². The van der Waals surface area contributed by atoms with E-state index in [4.69, 9.17) is 0 Å². The molecule has 22 heavy (non-hydrogen) atoms. The molecule has 0 aliphatic carbocycles. The Morgan fingerprint density at radius 3 is 2.32 bits per heavy atom. The van der Waals surface area contributed by atoms with Gasteiger partial charge >= 0.3 is 0 Å². The summed E-state index contributed by atoms with van der Waals surface area (Å²) in [6, 6.07) is 5.88. The molecule has 0 atom stereocenters. The van der Waals surface area contributed by atoms with Crippen LogP contribution in [0.1, 0.15) is 31.9 Å². The van der Waals surface area contributed by atoms with Gasteiger partial charge in [-0.15, -0.1) is 0 Å². The number of carbonyl (C=O) groups is 1. The van der Waals surface area contributed by atoms with Gasteiger partial charge in [-0.05, 0) is 51.8 Å². The molecule has 0 saturated carbocycles. The second-order valence-electron chi connectivity index (χ2n) is 5.80. The monoisotopic (exact) mass is 326 g/mol. The number of nitrogens with zero attached hydrogens (tertiary/aromatic N) is 2. The highest BCUT2D eigenvalue weighted by Crippen LogP contribution is 2.24. The Hall–Kier alpha value is -1.40. The van der Waals surface area contributed by atoms with Crippen LogP contribution < -0.4 is 4.90 Å². The smallest absolute Gasteiger partial charge is 0.242 e. The molecule has 1 amide bonds. The van der Waals surface area contributed by atoms with Crippen molar-refractivity contribution in [2.75, 3.05) is 24.2 Å². The van der Waals surface area contributed by atoms with Gasteiger partial charge in [-0.25, -0.2) is 8.42 Å². The van der Waals surface area contributed by atoms with Crippen LogP contribution in [0.2, 0.25) is 0 Å². The minimum atomic E-state index is -3.37. The first kappa shape index (κ1) is 18.6. The molecule has 1 aromatic rings. The van der Waals surface area contributed by atoms with Gasteiger partial charge in [-0.3, -0.25) is 4.79 Å². The van der Waals surface area contributed by atoms with Crippen LogP contribution in [0, 0.1) is 13.8 Å². The first-order chi connectivity index (χ1) is 10.1. The average molecular weight is 326 g/mol. The summed E-state index contributed by atoms with van der Waals surface area (Å²) in [6.45, 7) is 9.19. The standard InChI is InChI=1S/C16H26N2O3S/c1-7-22(20,21)17(6)11-16(19)18(12(2)3)15-10-13(4)8-9-14(15)5/h8-10,12H,7,11H2,1-6H3. The number of hydrogen-bond donors (Lipinski definition) is 0. The zero-order valence-corrected chi connectivity index (χ0v) is 15.1. The summed E-state index contributed by atoms with van der Waals surface area (Å²) in [5.41, 5.74) is 2.89. The second-order valence-corrected chi connectivity index (χ2v) is 8.17. The van der Waals surface area contributed by atoms with Crippen LogP contribution in [0.5, 0.6) is 0 Å². The van der Waals surface area contributed by atoms with E-state index in [0.717, 1.165) is 21.1 Å². The highest BCUT2D eigenvalue weighted by molar-refractivity contribution is 7.89. The van der Waals surface area contributed by atoms with Crippen molar-refractivity contribution in [3.8, 4) is 0 Å². The second kappa shape index (κ2) is 7.24. The first-order valence-electron chi connectivity index (χ1n) is 7.43. The number of rotatable bonds is 6. The molecule has 0 heterocycles. The lowest BCUT2D eigenvalue weighted by Crippen LogP contribution is -2.45. The van der Waals surface area contributed by atoms with Crippen molar-refractivity contribution in [3.05, 3.63) is 29.3 Å². The molecule has 0 aliphatic heterocycles. The van der Waals surface area contributed by atoms with E-state index >= 15 is 0 Å². The molecule has 0 N–H and O–H groups in total. The van der Waals surface area contributed by atoms with E-state index in [1.54, 1.807) is 11.8 Å². The molecular weight excluding hydrogens is 300 g/mol. The molecule has 0 radical (unpaired) electrons. The van der Waals surface area contributed by atoms with Gasteiger partial charge in [0, 0.05) is 18.8 Å². The summed E-state index contributed by atoms with van der Waals surface area (Å²) in [7, 11) is -1.92. The fraction of sp³-hybridized carbons (Fsp3) is 0.562. The molecule has 0 aromatic heterocycles. The predicted molar refractivity (Wildman–Crippen MR) is 90.6 cm³/mol. The molecule has 124 valence electrons. The molecule has 0 saturated heterocycles. The van der Waals surface area contributed by atoms with Crippen LogP contribution >= 0.6 is 0 Å². The van der Waals surface area contributed by atoms with Crippen molar-refractivity contribution in [2.24, 2.45) is 0 Å². The quantitative estimate of drug-likeness (QED) is 0.806. The van der Waals surface area contributed by atoms with Gasteiger partial charge in [0.05, 0.1) is 12.3 Å². The van der Waals surface area contributed by atoms with E-state index < -0.39 is 10.0 Å². The van der Waals surface area contributed by atoms with E-state index in [2.05, 4.69) is 0 Å². The highest BCUT2D eigenvalue weighted by atomic mass is 32.2. The molecule has 0 fully saturated rings. The van der Waals surface area contributed by atoms with Crippen LogP contribution in [0.4, 0.5) is 5.69 Å². The maximum atomic E-state index is 12.6. The van der Waals surface area contributed by atoms with Crippen molar-refractivity contribution < 1.29 is 13.2 Å². The molecule has 0 unspecified atom stereocenters. The molecule has 0 bridgehead atoms. The van der Waals surface area contributed by atoms with Gasteiger partial charge in [0.15, 0.2) is 0 Å². The van der Waals surface area contributed by atoms with E-state index in [-0.39, 0.29) is 24.2 Å². The number of hydrogen-bond acceptors (Lipinski definition) is 3. The van der Waals surface area contributed by atoms with Crippen LogP contribution in [0.3, 0.4) is 0 Å². The number of benzene rings is 1. The lowest BCUT2D eigenvalue weighted by Gasteiger charge is -2.30. The van der Waals surface area contributed by atoms with E-state index in [0.29, 0.717) is 0 Å². The van der Waals surface area contributed by atoms with Gasteiger partial charge in [-0.1, -0.05) is 12.1 Å². The highest BCUT2D eigenvalue weighted by Gasteiger charge is 2.25. The van der Waals surface area contributed by atoms with Gasteiger partial charge in [0.1, 0.15) is 0 Å². The summed E-state index contributed by atoms with van der Waals surface area (Å²) in [5, 5.41) is 0. The molecule has 5 nitrogen and oxygen atoms in total. The summed E-state index contributed by atoms with van der Waals surface area (Å²) in [4.78, 5) is 14.3. The summed E-state index contributed by atoms with van der Waals surface area (Å²) in [6.07, 6.45) is 0. The van der Waals surface area contributed by atoms with Crippen LogP contribution in [-0.2, 0) is 14.8 Å². The summed E-state index contributed by atoms with van der Waals surface area (Å²) in [5.74, 6) is -0.231. The number of likely N-dealkylation sites (N-methyl/N-ethyl adjacent to an activating group) is 1. The fourth-order valence-electron chi connectivity index (χ4n) is 2.26. The Labute approximate surface area is 134 Å². The van der Waals surface area contributed by atoms with Gasteiger partial charge in [0.2, 0.25) is 15.9 Å². The van der Waals surface area contributed by atoms with Crippen LogP contribution in [-0.4, -0.2) is 44.0 Å². The Kier molecular flexibility index (Phi) is 6.14. The Morgan fingerprint density at radius 2 is 1.82 bits per heavy atom. The number of aryl methyl sites for hydroxylation is 2. The van der Waals surface area contributed by atoms with E-state index in [1.807, 2.05) is 45.9 Å². The van der Waals surface area contributed by atoms with Gasteiger partial charge in [0.25, 0.3) is 0 Å². The first-order valence-corrected chi connectivity index (χ1v) is 9.04. The summed E-state index contributed by atoms with van der Waals surface area (Å²) >= 11 is 0. The maximum absolute atomic E-state index is 12.6. The van der Waals surface area contributed by atoms with Gasteiger partial charge < -0.3 is 4.90 Å². The molecule has 0 spiro atoms. The van der Waals surface area contributed by atoms with Crippen molar-refractivity contribution in [1.29, 1.82) is 0 Å². The third kappa shape index (κ3) is 4.30. The molecule has 1 aromatic carbocycles. The molecule has 6 heteroatoms. The number of sulfonamides is 1. The number of anilines is 1. The van der Waals surface area contributed by atoms with Crippen molar-refractivity contribution >= 4 is 21.6 Å². The normalized spacial score (nSPS) is 12.0. The third-order valence-electron chi connectivity index (χ3n) is 3.61. The zero-order valence-electron chi connectivity index (χ0n) is 14.3. The fourth-order valence-corrected chi connectivity index (χ4v) is 3.01. The average Bonchev–Trinajstić information content (AvgIpc) is 2.42. The minimum absolute atomic E-state index is 0.0120. The lowest BCUT2D eigenvalue weighted by molar-refractivity contribution is -0.119. The molecule has 0 aliphatic rings. The Balaban J connectivity index is 3.11. The van der Waals surface area contributed by atoms with Crippen LogP contribution in [0.25, 0.3) is 0 Å². The van der Waals surface area contributed by atoms with Crippen molar-refractivity contribution in [2.45, 2.75) is 40.7 Å². The maximum Gasteiger partial charge on any atom is 0.242 e. The minimum Gasteiger partial charge on any atom is -0.309 e. The Bertz CT molecular complexity index is 639. The zero-order chi connectivity index (χ0) is 17.1. The number of amides is 1.